The number of carbonyl (C=O) groups excluding carboxylic acids is 1. The van der Waals surface area contributed by atoms with Crippen LogP contribution in [0, 0.1) is 0 Å². The lowest BCUT2D eigenvalue weighted by atomic mass is 9.93. The van der Waals surface area contributed by atoms with Crippen LogP contribution < -0.4 is 0 Å². The molecular formula is C10H10ClNO2. The summed E-state index contributed by atoms with van der Waals surface area (Å²) in [5, 5.41) is 0.390. The summed E-state index contributed by atoms with van der Waals surface area (Å²) in [5.74, 6) is -0.312. The van der Waals surface area contributed by atoms with E-state index in [1.54, 1.807) is 6.07 Å². The van der Waals surface area contributed by atoms with Crippen molar-refractivity contribution in [3.05, 3.63) is 28.5 Å². The Morgan fingerprint density at radius 2 is 2.36 bits per heavy atom. The van der Waals surface area contributed by atoms with Crippen molar-refractivity contribution >= 4 is 17.6 Å². The molecule has 0 radical (unpaired) electrons. The molecule has 3 nitrogen and oxygen atoms in total. The van der Waals surface area contributed by atoms with Crippen molar-refractivity contribution in [3.8, 4) is 0 Å². The maximum atomic E-state index is 11.4. The minimum atomic E-state index is -0.543. The molecule has 0 N–H and O–H groups in total. The van der Waals surface area contributed by atoms with E-state index >= 15 is 0 Å². The van der Waals surface area contributed by atoms with Crippen LogP contribution >= 0.6 is 11.6 Å². The monoisotopic (exact) mass is 211 g/mol. The molecule has 0 saturated heterocycles. The Labute approximate surface area is 87.0 Å². The zero-order chi connectivity index (χ0) is 10.3. The minimum Gasteiger partial charge on any atom is -0.451 e. The van der Waals surface area contributed by atoms with Gasteiger partial charge in [-0.2, -0.15) is 0 Å². The molecule has 0 spiro atoms. The van der Waals surface area contributed by atoms with Gasteiger partial charge in [-0.15, -0.1) is 0 Å². The number of ether oxygens (including phenoxy) is 1. The quantitative estimate of drug-likeness (QED) is 0.529. The SMILES string of the molecule is CCC1(C)OC(=O)c2cnc(Cl)cc21. The largest absolute Gasteiger partial charge is 0.451 e. The molecule has 0 aromatic carbocycles. The van der Waals surface area contributed by atoms with Gasteiger partial charge in [0.15, 0.2) is 0 Å². The van der Waals surface area contributed by atoms with Gasteiger partial charge in [-0.3, -0.25) is 0 Å². The van der Waals surface area contributed by atoms with Crippen LogP contribution in [0.1, 0.15) is 36.2 Å². The van der Waals surface area contributed by atoms with E-state index in [2.05, 4.69) is 4.98 Å². The summed E-state index contributed by atoms with van der Waals surface area (Å²) in [6, 6.07) is 1.70. The fourth-order valence-corrected chi connectivity index (χ4v) is 1.77. The number of pyridine rings is 1. The zero-order valence-corrected chi connectivity index (χ0v) is 8.76. The Morgan fingerprint density at radius 1 is 1.64 bits per heavy atom. The molecule has 0 fully saturated rings. The van der Waals surface area contributed by atoms with Gasteiger partial charge < -0.3 is 4.74 Å². The molecule has 2 heterocycles. The Morgan fingerprint density at radius 3 is 3.00 bits per heavy atom. The van der Waals surface area contributed by atoms with Crippen LogP contribution in [-0.4, -0.2) is 11.0 Å². The fraction of sp³-hybridized carbons (Fsp3) is 0.400. The van der Waals surface area contributed by atoms with Gasteiger partial charge in [0.2, 0.25) is 0 Å². The summed E-state index contributed by atoms with van der Waals surface area (Å²) < 4.78 is 5.29. The molecule has 0 aliphatic carbocycles. The molecule has 0 bridgehead atoms. The smallest absolute Gasteiger partial charge is 0.341 e. The van der Waals surface area contributed by atoms with Crippen LogP contribution in [0.15, 0.2) is 12.3 Å². The summed E-state index contributed by atoms with van der Waals surface area (Å²) in [7, 11) is 0. The van der Waals surface area contributed by atoms with Crippen molar-refractivity contribution in [1.82, 2.24) is 4.98 Å². The van der Waals surface area contributed by atoms with Crippen LogP contribution in [0.5, 0.6) is 0 Å². The number of hydrogen-bond donors (Lipinski definition) is 0. The van der Waals surface area contributed by atoms with Gasteiger partial charge >= 0.3 is 5.97 Å². The van der Waals surface area contributed by atoms with Crippen LogP contribution in [0.25, 0.3) is 0 Å². The highest BCUT2D eigenvalue weighted by atomic mass is 35.5. The Bertz CT molecular complexity index is 405. The van der Waals surface area contributed by atoms with Gasteiger partial charge in [0, 0.05) is 11.8 Å². The fourth-order valence-electron chi connectivity index (χ4n) is 1.61. The average molecular weight is 212 g/mol. The van der Waals surface area contributed by atoms with Gasteiger partial charge in [-0.1, -0.05) is 18.5 Å². The number of aromatic nitrogens is 1. The van der Waals surface area contributed by atoms with Gasteiger partial charge in [0.1, 0.15) is 10.8 Å². The van der Waals surface area contributed by atoms with Crippen molar-refractivity contribution < 1.29 is 9.53 Å². The maximum Gasteiger partial charge on any atom is 0.341 e. The van der Waals surface area contributed by atoms with Crippen LogP contribution in [0.2, 0.25) is 5.15 Å². The van der Waals surface area contributed by atoms with E-state index in [9.17, 15) is 4.79 Å². The van der Waals surface area contributed by atoms with E-state index in [0.717, 1.165) is 12.0 Å². The highest BCUT2D eigenvalue weighted by Gasteiger charge is 2.40. The zero-order valence-electron chi connectivity index (χ0n) is 8.00. The Kier molecular flexibility index (Phi) is 2.00. The molecule has 1 aromatic rings. The Balaban J connectivity index is 2.62. The second-order valence-corrected chi connectivity index (χ2v) is 3.91. The van der Waals surface area contributed by atoms with E-state index in [1.165, 1.54) is 6.20 Å². The summed E-state index contributed by atoms with van der Waals surface area (Å²) in [4.78, 5) is 15.3. The number of hydrogen-bond acceptors (Lipinski definition) is 3. The molecule has 74 valence electrons. The van der Waals surface area contributed by atoms with Gasteiger partial charge in [0.05, 0.1) is 5.56 Å². The lowest BCUT2D eigenvalue weighted by molar-refractivity contribution is -0.000770. The molecule has 0 saturated carbocycles. The number of rotatable bonds is 1. The van der Waals surface area contributed by atoms with E-state index in [4.69, 9.17) is 16.3 Å². The predicted molar refractivity (Wildman–Crippen MR) is 52.3 cm³/mol. The number of fused-ring (bicyclic) bond motifs is 1. The second-order valence-electron chi connectivity index (χ2n) is 3.53. The third-order valence-corrected chi connectivity index (χ3v) is 2.86. The van der Waals surface area contributed by atoms with Gasteiger partial charge in [-0.05, 0) is 19.4 Å². The topological polar surface area (TPSA) is 39.2 Å². The molecule has 1 aromatic heterocycles. The summed E-state index contributed by atoms with van der Waals surface area (Å²) in [6.45, 7) is 3.85. The van der Waals surface area contributed by atoms with E-state index in [0.29, 0.717) is 10.7 Å². The molecule has 0 amide bonds. The molecule has 2 rings (SSSR count). The molecule has 1 unspecified atom stereocenters. The highest BCUT2D eigenvalue weighted by molar-refractivity contribution is 6.29. The second kappa shape index (κ2) is 2.95. The van der Waals surface area contributed by atoms with Crippen LogP contribution in [0.3, 0.4) is 0 Å². The molecule has 14 heavy (non-hydrogen) atoms. The standard InChI is InChI=1S/C10H10ClNO2/c1-3-10(2)7-4-8(11)12-5-6(7)9(13)14-10/h4-5H,3H2,1-2H3. The first-order valence-electron chi connectivity index (χ1n) is 4.46. The normalized spacial score (nSPS) is 24.6. The highest BCUT2D eigenvalue weighted by Crippen LogP contribution is 2.38. The first-order chi connectivity index (χ1) is 6.57. The predicted octanol–water partition coefficient (Wildman–Crippen LogP) is 2.53. The molecule has 1 atom stereocenters. The minimum absolute atomic E-state index is 0.312. The lowest BCUT2D eigenvalue weighted by Gasteiger charge is -2.21. The molecule has 4 heteroatoms. The summed E-state index contributed by atoms with van der Waals surface area (Å²) >= 11 is 5.78. The van der Waals surface area contributed by atoms with Crippen molar-refractivity contribution in [2.24, 2.45) is 0 Å². The number of carbonyl (C=O) groups is 1. The molecular weight excluding hydrogens is 202 g/mol. The van der Waals surface area contributed by atoms with Crippen molar-refractivity contribution in [2.45, 2.75) is 25.9 Å². The number of nitrogens with zero attached hydrogens (tertiary/aromatic N) is 1. The van der Waals surface area contributed by atoms with Crippen LogP contribution in [-0.2, 0) is 10.3 Å². The van der Waals surface area contributed by atoms with Crippen molar-refractivity contribution in [2.75, 3.05) is 0 Å². The lowest BCUT2D eigenvalue weighted by Crippen LogP contribution is -2.20. The number of cyclic esters (lactones) is 1. The number of esters is 1. The van der Waals surface area contributed by atoms with Gasteiger partial charge in [0.25, 0.3) is 0 Å². The maximum absolute atomic E-state index is 11.4. The first-order valence-corrected chi connectivity index (χ1v) is 4.84. The van der Waals surface area contributed by atoms with Gasteiger partial charge in [-0.25, -0.2) is 9.78 Å². The summed E-state index contributed by atoms with van der Waals surface area (Å²) in [6.07, 6.45) is 2.20. The van der Waals surface area contributed by atoms with Crippen LogP contribution in [0.4, 0.5) is 0 Å². The number of halogens is 1. The summed E-state index contributed by atoms with van der Waals surface area (Å²) in [5.41, 5.74) is 0.822. The molecule has 1 aliphatic heterocycles. The van der Waals surface area contributed by atoms with Crippen molar-refractivity contribution in [1.29, 1.82) is 0 Å². The average Bonchev–Trinajstić information content (AvgIpc) is 2.40. The third-order valence-electron chi connectivity index (χ3n) is 2.65. The van der Waals surface area contributed by atoms with Crippen molar-refractivity contribution in [3.63, 3.8) is 0 Å². The van der Waals surface area contributed by atoms with E-state index in [1.807, 2.05) is 13.8 Å². The first kappa shape index (κ1) is 9.46. The Hall–Kier alpha value is -1.09. The molecule has 1 aliphatic rings. The van der Waals surface area contributed by atoms with E-state index < -0.39 is 5.60 Å². The third kappa shape index (κ3) is 1.20. The van der Waals surface area contributed by atoms with E-state index in [-0.39, 0.29) is 5.97 Å².